The molecule has 0 spiro atoms. The molecule has 0 aliphatic carbocycles. The molecule has 18 heavy (non-hydrogen) atoms. The van der Waals surface area contributed by atoms with E-state index < -0.39 is 6.10 Å². The van der Waals surface area contributed by atoms with E-state index in [1.165, 1.54) is 18.4 Å². The summed E-state index contributed by atoms with van der Waals surface area (Å²) in [4.78, 5) is 0. The van der Waals surface area contributed by atoms with E-state index in [-0.39, 0.29) is 0 Å². The largest absolute Gasteiger partial charge is 0.386 e. The van der Waals surface area contributed by atoms with E-state index in [9.17, 15) is 5.11 Å². The Morgan fingerprint density at radius 1 is 1.06 bits per heavy atom. The van der Waals surface area contributed by atoms with Gasteiger partial charge in [-0.05, 0) is 23.5 Å². The van der Waals surface area contributed by atoms with Gasteiger partial charge in [0.25, 0.3) is 0 Å². The Morgan fingerprint density at radius 2 is 1.67 bits per heavy atom. The van der Waals surface area contributed by atoms with E-state index in [0.29, 0.717) is 12.5 Å². The summed E-state index contributed by atoms with van der Waals surface area (Å²) < 4.78 is 5.48. The van der Waals surface area contributed by atoms with Crippen molar-refractivity contribution in [2.75, 3.05) is 13.2 Å². The van der Waals surface area contributed by atoms with Crippen LogP contribution in [0.25, 0.3) is 0 Å². The molecule has 1 rings (SSSR count). The van der Waals surface area contributed by atoms with Gasteiger partial charge in [-0.25, -0.2) is 0 Å². The maximum absolute atomic E-state index is 9.98. The van der Waals surface area contributed by atoms with Gasteiger partial charge in [0.2, 0.25) is 0 Å². The highest BCUT2D eigenvalue weighted by Gasteiger charge is 2.08. The van der Waals surface area contributed by atoms with Crippen LogP contribution < -0.4 is 0 Å². The van der Waals surface area contributed by atoms with Crippen LogP contribution in [0.5, 0.6) is 0 Å². The van der Waals surface area contributed by atoms with Crippen LogP contribution in [0.2, 0.25) is 0 Å². The highest BCUT2D eigenvalue weighted by Crippen LogP contribution is 2.19. The maximum Gasteiger partial charge on any atom is 0.102 e. The van der Waals surface area contributed by atoms with Crippen LogP contribution in [0.4, 0.5) is 0 Å². The molecular weight excluding hydrogens is 224 g/mol. The molecule has 0 heterocycles. The zero-order chi connectivity index (χ0) is 13.4. The SMILES string of the molecule is CCCCCOCC(O)c1ccc(C(C)C)cc1. The van der Waals surface area contributed by atoms with Gasteiger partial charge in [-0.15, -0.1) is 0 Å². The van der Waals surface area contributed by atoms with E-state index in [1.807, 2.05) is 12.1 Å². The molecule has 1 aromatic rings. The molecule has 2 heteroatoms. The summed E-state index contributed by atoms with van der Waals surface area (Å²) in [7, 11) is 0. The second-order valence-corrected chi connectivity index (χ2v) is 5.12. The number of benzene rings is 1. The fraction of sp³-hybridized carbons (Fsp3) is 0.625. The lowest BCUT2D eigenvalue weighted by atomic mass is 10.0. The fourth-order valence-electron chi connectivity index (χ4n) is 1.85. The molecule has 0 amide bonds. The Bertz CT molecular complexity index is 316. The number of hydrogen-bond donors (Lipinski definition) is 1. The van der Waals surface area contributed by atoms with Crippen LogP contribution in [-0.4, -0.2) is 18.3 Å². The second-order valence-electron chi connectivity index (χ2n) is 5.12. The van der Waals surface area contributed by atoms with Gasteiger partial charge in [0.15, 0.2) is 0 Å². The monoisotopic (exact) mass is 250 g/mol. The van der Waals surface area contributed by atoms with Crippen LogP contribution in [-0.2, 0) is 4.74 Å². The van der Waals surface area contributed by atoms with Crippen molar-refractivity contribution in [1.29, 1.82) is 0 Å². The minimum atomic E-state index is -0.507. The maximum atomic E-state index is 9.98. The van der Waals surface area contributed by atoms with Crippen molar-refractivity contribution in [2.45, 2.75) is 52.1 Å². The quantitative estimate of drug-likeness (QED) is 0.705. The molecule has 1 aromatic carbocycles. The molecule has 2 nitrogen and oxygen atoms in total. The summed E-state index contributed by atoms with van der Waals surface area (Å²) in [5.41, 5.74) is 2.24. The van der Waals surface area contributed by atoms with Gasteiger partial charge >= 0.3 is 0 Å². The van der Waals surface area contributed by atoms with Gasteiger partial charge in [0.1, 0.15) is 6.10 Å². The third-order valence-electron chi connectivity index (χ3n) is 3.16. The fourth-order valence-corrected chi connectivity index (χ4v) is 1.85. The van der Waals surface area contributed by atoms with Crippen molar-refractivity contribution >= 4 is 0 Å². The van der Waals surface area contributed by atoms with Gasteiger partial charge in [-0.3, -0.25) is 0 Å². The van der Waals surface area contributed by atoms with E-state index in [0.717, 1.165) is 18.6 Å². The number of aliphatic hydroxyl groups is 1. The van der Waals surface area contributed by atoms with Crippen LogP contribution in [0, 0.1) is 0 Å². The second kappa shape index (κ2) is 8.28. The van der Waals surface area contributed by atoms with Crippen LogP contribution in [0.1, 0.15) is 63.2 Å². The lowest BCUT2D eigenvalue weighted by Crippen LogP contribution is -2.08. The van der Waals surface area contributed by atoms with Gasteiger partial charge < -0.3 is 9.84 Å². The number of ether oxygens (including phenoxy) is 1. The number of aliphatic hydroxyl groups excluding tert-OH is 1. The van der Waals surface area contributed by atoms with Crippen LogP contribution in [0.3, 0.4) is 0 Å². The third kappa shape index (κ3) is 5.19. The molecule has 1 atom stereocenters. The molecule has 0 radical (unpaired) electrons. The van der Waals surface area contributed by atoms with Crippen molar-refractivity contribution < 1.29 is 9.84 Å². The van der Waals surface area contributed by atoms with Crippen molar-refractivity contribution in [3.05, 3.63) is 35.4 Å². The van der Waals surface area contributed by atoms with Crippen molar-refractivity contribution in [3.63, 3.8) is 0 Å². The zero-order valence-electron chi connectivity index (χ0n) is 11.9. The molecule has 0 aliphatic heterocycles. The average Bonchev–Trinajstić information content (AvgIpc) is 2.38. The third-order valence-corrected chi connectivity index (χ3v) is 3.16. The summed E-state index contributed by atoms with van der Waals surface area (Å²) in [6.07, 6.45) is 2.96. The average molecular weight is 250 g/mol. The Balaban J connectivity index is 2.34. The first-order valence-corrected chi connectivity index (χ1v) is 7.00. The predicted octanol–water partition coefficient (Wildman–Crippen LogP) is 4.05. The minimum Gasteiger partial charge on any atom is -0.386 e. The summed E-state index contributed by atoms with van der Waals surface area (Å²) in [6, 6.07) is 8.16. The van der Waals surface area contributed by atoms with Crippen LogP contribution >= 0.6 is 0 Å². The number of unbranched alkanes of at least 4 members (excludes halogenated alkanes) is 2. The minimum absolute atomic E-state index is 0.394. The molecule has 102 valence electrons. The zero-order valence-corrected chi connectivity index (χ0v) is 11.9. The van der Waals surface area contributed by atoms with Gasteiger partial charge in [-0.1, -0.05) is 57.9 Å². The molecular formula is C16H26O2. The standard InChI is InChI=1S/C16H26O2/c1-4-5-6-11-18-12-16(17)15-9-7-14(8-10-15)13(2)3/h7-10,13,16-17H,4-6,11-12H2,1-3H3. The molecule has 1 N–H and O–H groups in total. The first-order valence-electron chi connectivity index (χ1n) is 7.00. The molecule has 0 saturated carbocycles. The van der Waals surface area contributed by atoms with Gasteiger partial charge in [-0.2, -0.15) is 0 Å². The molecule has 0 saturated heterocycles. The van der Waals surface area contributed by atoms with E-state index >= 15 is 0 Å². The molecule has 0 fully saturated rings. The first-order chi connectivity index (χ1) is 8.65. The highest BCUT2D eigenvalue weighted by molar-refractivity contribution is 5.26. The topological polar surface area (TPSA) is 29.5 Å². The number of rotatable bonds is 8. The Kier molecular flexibility index (Phi) is 6.99. The summed E-state index contributed by atoms with van der Waals surface area (Å²) in [5.74, 6) is 0.529. The summed E-state index contributed by atoms with van der Waals surface area (Å²) >= 11 is 0. The normalized spacial score (nSPS) is 12.9. The Hall–Kier alpha value is -0.860. The lowest BCUT2D eigenvalue weighted by molar-refractivity contribution is 0.0345. The van der Waals surface area contributed by atoms with Gasteiger partial charge in [0.05, 0.1) is 6.61 Å². The van der Waals surface area contributed by atoms with Crippen molar-refractivity contribution in [2.24, 2.45) is 0 Å². The molecule has 0 bridgehead atoms. The Labute approximate surface area is 111 Å². The molecule has 0 aliphatic rings. The molecule has 1 unspecified atom stereocenters. The number of hydrogen-bond acceptors (Lipinski definition) is 2. The smallest absolute Gasteiger partial charge is 0.102 e. The van der Waals surface area contributed by atoms with E-state index in [4.69, 9.17) is 4.74 Å². The van der Waals surface area contributed by atoms with E-state index in [1.54, 1.807) is 0 Å². The van der Waals surface area contributed by atoms with Crippen molar-refractivity contribution in [1.82, 2.24) is 0 Å². The summed E-state index contributed by atoms with van der Waals surface area (Å²) in [6.45, 7) is 7.65. The highest BCUT2D eigenvalue weighted by atomic mass is 16.5. The van der Waals surface area contributed by atoms with Crippen molar-refractivity contribution in [3.8, 4) is 0 Å². The van der Waals surface area contributed by atoms with Crippen LogP contribution in [0.15, 0.2) is 24.3 Å². The lowest BCUT2D eigenvalue weighted by Gasteiger charge is -2.13. The van der Waals surface area contributed by atoms with Gasteiger partial charge in [0, 0.05) is 6.61 Å². The molecule has 0 aromatic heterocycles. The van der Waals surface area contributed by atoms with E-state index in [2.05, 4.69) is 32.9 Å². The Morgan fingerprint density at radius 3 is 2.22 bits per heavy atom. The predicted molar refractivity (Wildman–Crippen MR) is 75.8 cm³/mol. The summed E-state index contributed by atoms with van der Waals surface area (Å²) in [5, 5.41) is 9.98. The first kappa shape index (κ1) is 15.2.